The van der Waals surface area contributed by atoms with Gasteiger partial charge in [0, 0.05) is 24.8 Å². The molecule has 2 atom stereocenters. The van der Waals surface area contributed by atoms with E-state index in [4.69, 9.17) is 9.47 Å². The number of nitrogens with one attached hydrogen (secondary N) is 2. The standard InChI is InChI=1S/C27H27F3N6O3/c1-16-6-4-5-7-18(16)15-35-11-10-24(34-35)32-26(37)20-14-25-31-19(13-23(27(28,29)30)36(25)33-20)17-8-9-21(38-2)22(12-17)39-3/h4-12,14,19,23,31H,13,15H2,1-3H3,(H,32,34,37)/t19-,23+/m0/s1. The van der Waals surface area contributed by atoms with Crippen LogP contribution in [0.2, 0.25) is 0 Å². The Morgan fingerprint density at radius 2 is 1.85 bits per heavy atom. The Hall–Kier alpha value is -4.48. The average Bonchev–Trinajstić information content (AvgIpc) is 3.55. The van der Waals surface area contributed by atoms with Gasteiger partial charge in [0.05, 0.1) is 26.8 Å². The maximum absolute atomic E-state index is 14.1. The van der Waals surface area contributed by atoms with E-state index in [2.05, 4.69) is 20.8 Å². The number of nitrogens with zero attached hydrogens (tertiary/aromatic N) is 4. The molecule has 2 aromatic heterocycles. The Bertz CT molecular complexity index is 1500. The molecular weight excluding hydrogens is 513 g/mol. The van der Waals surface area contributed by atoms with Gasteiger partial charge in [0.1, 0.15) is 5.82 Å². The molecule has 9 nitrogen and oxygen atoms in total. The summed E-state index contributed by atoms with van der Waals surface area (Å²) in [6, 6.07) is 13.1. The predicted octanol–water partition coefficient (Wildman–Crippen LogP) is 5.37. The number of aryl methyl sites for hydroxylation is 1. The SMILES string of the molecule is COc1ccc([C@@H]2C[C@H](C(F)(F)F)n3nc(C(=O)Nc4ccn(Cc5ccccc5C)n4)cc3N2)cc1OC. The lowest BCUT2D eigenvalue weighted by Crippen LogP contribution is -2.35. The first-order valence-corrected chi connectivity index (χ1v) is 12.2. The van der Waals surface area contributed by atoms with Crippen molar-refractivity contribution in [1.82, 2.24) is 19.6 Å². The maximum atomic E-state index is 14.1. The Kier molecular flexibility index (Phi) is 6.94. The Labute approximate surface area is 222 Å². The zero-order chi connectivity index (χ0) is 27.7. The number of aromatic nitrogens is 4. The third-order valence-electron chi connectivity index (χ3n) is 6.71. The minimum Gasteiger partial charge on any atom is -0.493 e. The lowest BCUT2D eigenvalue weighted by Gasteiger charge is -2.33. The average molecular weight is 541 g/mol. The predicted molar refractivity (Wildman–Crippen MR) is 138 cm³/mol. The zero-order valence-corrected chi connectivity index (χ0v) is 21.5. The molecule has 2 aromatic carbocycles. The molecule has 0 saturated carbocycles. The monoisotopic (exact) mass is 540 g/mol. The van der Waals surface area contributed by atoms with Crippen molar-refractivity contribution in [3.8, 4) is 11.5 Å². The van der Waals surface area contributed by atoms with Gasteiger partial charge < -0.3 is 20.1 Å². The molecule has 0 saturated heterocycles. The number of carbonyl (C=O) groups excluding carboxylic acids is 1. The van der Waals surface area contributed by atoms with Gasteiger partial charge in [0.2, 0.25) is 0 Å². The maximum Gasteiger partial charge on any atom is 0.410 e. The van der Waals surface area contributed by atoms with Crippen molar-refractivity contribution >= 4 is 17.5 Å². The summed E-state index contributed by atoms with van der Waals surface area (Å²) in [6.07, 6.45) is -3.19. The van der Waals surface area contributed by atoms with Gasteiger partial charge in [-0.25, -0.2) is 4.68 Å². The van der Waals surface area contributed by atoms with Crippen molar-refractivity contribution in [2.45, 2.75) is 38.1 Å². The quantitative estimate of drug-likeness (QED) is 0.328. The van der Waals surface area contributed by atoms with Crippen molar-refractivity contribution in [2.75, 3.05) is 24.9 Å². The van der Waals surface area contributed by atoms with Crippen LogP contribution >= 0.6 is 0 Å². The fraction of sp³-hybridized carbons (Fsp3) is 0.296. The van der Waals surface area contributed by atoms with E-state index < -0.39 is 24.2 Å². The van der Waals surface area contributed by atoms with Crippen LogP contribution in [0.1, 0.15) is 45.7 Å². The number of rotatable bonds is 7. The second-order valence-corrected chi connectivity index (χ2v) is 9.24. The van der Waals surface area contributed by atoms with Crippen molar-refractivity contribution in [1.29, 1.82) is 0 Å². The van der Waals surface area contributed by atoms with Gasteiger partial charge >= 0.3 is 6.18 Å². The molecule has 1 amide bonds. The van der Waals surface area contributed by atoms with Gasteiger partial charge in [-0.15, -0.1) is 0 Å². The van der Waals surface area contributed by atoms with Crippen LogP contribution in [0.4, 0.5) is 24.8 Å². The van der Waals surface area contributed by atoms with Crippen LogP contribution in [0.25, 0.3) is 0 Å². The van der Waals surface area contributed by atoms with E-state index in [1.54, 1.807) is 35.1 Å². The third-order valence-corrected chi connectivity index (χ3v) is 6.71. The van der Waals surface area contributed by atoms with Crippen molar-refractivity contribution in [3.63, 3.8) is 0 Å². The van der Waals surface area contributed by atoms with E-state index in [1.165, 1.54) is 20.3 Å². The third kappa shape index (κ3) is 5.40. The first-order valence-electron chi connectivity index (χ1n) is 12.2. The number of halogens is 3. The highest BCUT2D eigenvalue weighted by atomic mass is 19.4. The summed E-state index contributed by atoms with van der Waals surface area (Å²) in [4.78, 5) is 12.9. The highest BCUT2D eigenvalue weighted by Crippen LogP contribution is 2.44. The number of alkyl halides is 3. The van der Waals surface area contributed by atoms with Crippen molar-refractivity contribution in [2.24, 2.45) is 0 Å². The molecule has 2 N–H and O–H groups in total. The molecule has 5 rings (SSSR count). The summed E-state index contributed by atoms with van der Waals surface area (Å²) in [5.41, 5.74) is 2.61. The van der Waals surface area contributed by atoms with Crippen LogP contribution in [0.15, 0.2) is 60.8 Å². The number of benzene rings is 2. The second-order valence-electron chi connectivity index (χ2n) is 9.24. The minimum atomic E-state index is -4.58. The number of hydrogen-bond donors (Lipinski definition) is 2. The van der Waals surface area contributed by atoms with E-state index in [0.717, 1.165) is 15.8 Å². The summed E-state index contributed by atoms with van der Waals surface area (Å²) in [5, 5.41) is 14.1. The molecule has 0 unspecified atom stereocenters. The summed E-state index contributed by atoms with van der Waals surface area (Å²) >= 11 is 0. The minimum absolute atomic E-state index is 0.0820. The van der Waals surface area contributed by atoms with Crippen LogP contribution in [-0.4, -0.2) is 45.9 Å². The number of fused-ring (bicyclic) bond motifs is 1. The van der Waals surface area contributed by atoms with Crippen LogP contribution in [0.5, 0.6) is 11.5 Å². The molecule has 204 valence electrons. The Morgan fingerprint density at radius 3 is 2.56 bits per heavy atom. The smallest absolute Gasteiger partial charge is 0.410 e. The van der Waals surface area contributed by atoms with Crippen LogP contribution < -0.4 is 20.1 Å². The van der Waals surface area contributed by atoms with Gasteiger partial charge in [-0.05, 0) is 35.7 Å². The molecule has 0 fully saturated rings. The first-order chi connectivity index (χ1) is 18.7. The topological polar surface area (TPSA) is 95.2 Å². The largest absolute Gasteiger partial charge is 0.493 e. The molecule has 1 aliphatic heterocycles. The molecule has 0 spiro atoms. The highest BCUT2D eigenvalue weighted by Gasteiger charge is 2.47. The Balaban J connectivity index is 1.36. The number of ether oxygens (including phenoxy) is 2. The van der Waals surface area contributed by atoms with Gasteiger partial charge in [-0.2, -0.15) is 23.4 Å². The number of carbonyl (C=O) groups is 1. The van der Waals surface area contributed by atoms with Crippen LogP contribution in [0.3, 0.4) is 0 Å². The van der Waals surface area contributed by atoms with E-state index in [9.17, 15) is 18.0 Å². The van der Waals surface area contributed by atoms with Crippen LogP contribution in [-0.2, 0) is 6.54 Å². The van der Waals surface area contributed by atoms with E-state index in [0.29, 0.717) is 23.6 Å². The summed E-state index contributed by atoms with van der Waals surface area (Å²) in [5.74, 6) is 0.557. The molecule has 12 heteroatoms. The molecular formula is C27H27F3N6O3. The first kappa shape index (κ1) is 26.1. The number of hydrogen-bond acceptors (Lipinski definition) is 6. The molecule has 0 aliphatic carbocycles. The van der Waals surface area contributed by atoms with E-state index in [-0.39, 0.29) is 23.8 Å². The second kappa shape index (κ2) is 10.4. The van der Waals surface area contributed by atoms with Crippen molar-refractivity contribution < 1.29 is 27.4 Å². The number of amides is 1. The summed E-state index contributed by atoms with van der Waals surface area (Å²) in [7, 11) is 2.94. The molecule has 4 aromatic rings. The highest BCUT2D eigenvalue weighted by molar-refractivity contribution is 6.02. The molecule has 3 heterocycles. The molecule has 0 radical (unpaired) electrons. The van der Waals surface area contributed by atoms with Crippen molar-refractivity contribution in [3.05, 3.63) is 83.2 Å². The van der Waals surface area contributed by atoms with Gasteiger partial charge in [0.15, 0.2) is 29.1 Å². The normalized spacial score (nSPS) is 16.8. The lowest BCUT2D eigenvalue weighted by molar-refractivity contribution is -0.173. The number of methoxy groups -OCH3 is 2. The van der Waals surface area contributed by atoms with Crippen LogP contribution in [0, 0.1) is 6.92 Å². The van der Waals surface area contributed by atoms with Gasteiger partial charge in [-0.1, -0.05) is 30.3 Å². The molecule has 0 bridgehead atoms. The summed E-state index contributed by atoms with van der Waals surface area (Å²) < 4.78 is 55.3. The lowest BCUT2D eigenvalue weighted by atomic mass is 9.96. The molecule has 39 heavy (non-hydrogen) atoms. The van der Waals surface area contributed by atoms with Gasteiger partial charge in [-0.3, -0.25) is 9.48 Å². The summed E-state index contributed by atoms with van der Waals surface area (Å²) in [6.45, 7) is 2.51. The zero-order valence-electron chi connectivity index (χ0n) is 21.5. The molecule has 1 aliphatic rings. The van der Waals surface area contributed by atoms with E-state index in [1.807, 2.05) is 31.2 Å². The fourth-order valence-electron chi connectivity index (χ4n) is 4.63. The number of anilines is 2. The Morgan fingerprint density at radius 1 is 1.08 bits per heavy atom. The van der Waals surface area contributed by atoms with Gasteiger partial charge in [0.25, 0.3) is 5.91 Å². The van der Waals surface area contributed by atoms with E-state index >= 15 is 0 Å². The fourth-order valence-corrected chi connectivity index (χ4v) is 4.63.